The van der Waals surface area contributed by atoms with E-state index in [0.29, 0.717) is 0 Å². The van der Waals surface area contributed by atoms with E-state index in [1.165, 1.54) is 11.1 Å². The highest BCUT2D eigenvalue weighted by Gasteiger charge is 2.23. The lowest BCUT2D eigenvalue weighted by molar-refractivity contribution is 0.547. The van der Waals surface area contributed by atoms with Crippen LogP contribution in [-0.4, -0.2) is 14.1 Å². The fourth-order valence-electron chi connectivity index (χ4n) is 2.82. The first-order chi connectivity index (χ1) is 10.9. The van der Waals surface area contributed by atoms with Gasteiger partial charge < -0.3 is 4.42 Å². The van der Waals surface area contributed by atoms with Gasteiger partial charge in [0.1, 0.15) is 25.6 Å². The molecular formula is C21H24NO+. The van der Waals surface area contributed by atoms with Crippen molar-refractivity contribution < 1.29 is 4.42 Å². The van der Waals surface area contributed by atoms with Crippen LogP contribution >= 0.6 is 0 Å². The summed E-state index contributed by atoms with van der Waals surface area (Å²) in [5.74, 6) is 1.85. The van der Waals surface area contributed by atoms with Crippen molar-refractivity contribution in [3.63, 3.8) is 0 Å². The largest absolute Gasteiger partial charge is 0.456 e. The molecule has 0 aromatic heterocycles. The Kier molecular flexibility index (Phi) is 3.85. The van der Waals surface area contributed by atoms with Gasteiger partial charge >= 0.3 is 0 Å². The van der Waals surface area contributed by atoms with Gasteiger partial charge in [-0.1, -0.05) is 51.1 Å². The third kappa shape index (κ3) is 3.07. The summed E-state index contributed by atoms with van der Waals surface area (Å²) in [6.07, 6.45) is 0. The molecule has 0 spiro atoms. The Hall–Kier alpha value is -2.35. The zero-order valence-corrected chi connectivity index (χ0v) is 14.6. The molecule has 0 bridgehead atoms. The van der Waals surface area contributed by atoms with Crippen molar-refractivity contribution in [2.24, 2.45) is 0 Å². The minimum absolute atomic E-state index is 0.0538. The van der Waals surface area contributed by atoms with Gasteiger partial charge in [-0.3, -0.25) is 0 Å². The first-order valence-electron chi connectivity index (χ1n) is 8.00. The predicted molar refractivity (Wildman–Crippen MR) is 96.6 cm³/mol. The van der Waals surface area contributed by atoms with Crippen LogP contribution in [0.2, 0.25) is 0 Å². The molecule has 0 fully saturated rings. The second-order valence-corrected chi connectivity index (χ2v) is 7.22. The van der Waals surface area contributed by atoms with Gasteiger partial charge in [0.25, 0.3) is 0 Å². The number of nitrogens with zero attached hydrogens (tertiary/aromatic N) is 1. The topological polar surface area (TPSA) is 16.1 Å². The standard InChI is InChI=1S/C21H24NO/c1-21(2,3)18-14-19(15-9-7-6-8-10-15)23-20-13-16(22(4)5)11-12-17(18)20/h6-14H,1-5H3/q+1. The van der Waals surface area contributed by atoms with Crippen LogP contribution in [0.3, 0.4) is 0 Å². The average Bonchev–Trinajstić information content (AvgIpc) is 2.53. The molecule has 1 aliphatic heterocycles. The Labute approximate surface area is 138 Å². The molecule has 2 aliphatic rings. The number of benzene rings is 2. The van der Waals surface area contributed by atoms with Crippen molar-refractivity contribution in [2.45, 2.75) is 26.2 Å². The minimum Gasteiger partial charge on any atom is -0.456 e. The van der Waals surface area contributed by atoms with Crippen LogP contribution in [0.15, 0.2) is 59.0 Å². The summed E-state index contributed by atoms with van der Waals surface area (Å²) in [6, 6.07) is 18.9. The molecule has 0 saturated carbocycles. The number of hydrogen-bond donors (Lipinski definition) is 0. The molecule has 0 radical (unpaired) electrons. The Balaban J connectivity index is 2.36. The van der Waals surface area contributed by atoms with Gasteiger partial charge in [0.05, 0.1) is 6.07 Å². The van der Waals surface area contributed by atoms with Crippen LogP contribution in [0, 0.1) is 0 Å². The van der Waals surface area contributed by atoms with Crippen LogP contribution in [-0.2, 0) is 5.41 Å². The molecule has 0 N–H and O–H groups in total. The summed E-state index contributed by atoms with van der Waals surface area (Å²) < 4.78 is 8.35. The van der Waals surface area contributed by atoms with Crippen molar-refractivity contribution >= 4 is 0 Å². The fraction of sp³-hybridized carbons (Fsp3) is 0.286. The molecule has 0 saturated heterocycles. The number of fused-ring (bicyclic) bond motifs is 1. The fourth-order valence-corrected chi connectivity index (χ4v) is 2.82. The van der Waals surface area contributed by atoms with E-state index < -0.39 is 0 Å². The van der Waals surface area contributed by atoms with Crippen LogP contribution in [0.1, 0.15) is 26.3 Å². The van der Waals surface area contributed by atoms with E-state index >= 15 is 0 Å². The molecular weight excluding hydrogens is 282 g/mol. The highest BCUT2D eigenvalue weighted by Crippen LogP contribution is 2.37. The number of rotatable bonds is 1. The second-order valence-electron chi connectivity index (χ2n) is 7.22. The Morgan fingerprint density at radius 1 is 0.826 bits per heavy atom. The van der Waals surface area contributed by atoms with Gasteiger partial charge in [-0.2, -0.15) is 0 Å². The van der Waals surface area contributed by atoms with Crippen molar-refractivity contribution in [3.8, 4) is 22.6 Å². The third-order valence-electron chi connectivity index (χ3n) is 4.13. The molecule has 0 atom stereocenters. The molecule has 23 heavy (non-hydrogen) atoms. The Morgan fingerprint density at radius 3 is 2.13 bits per heavy atom. The van der Waals surface area contributed by atoms with Gasteiger partial charge in [0.2, 0.25) is 5.36 Å². The highest BCUT2D eigenvalue weighted by atomic mass is 16.3. The van der Waals surface area contributed by atoms with Gasteiger partial charge in [0.15, 0.2) is 0 Å². The highest BCUT2D eigenvalue weighted by molar-refractivity contribution is 5.70. The van der Waals surface area contributed by atoms with E-state index in [9.17, 15) is 0 Å². The molecule has 3 rings (SSSR count). The maximum atomic E-state index is 6.25. The first kappa shape index (κ1) is 15.5. The minimum atomic E-state index is 0.0538. The Morgan fingerprint density at radius 2 is 1.52 bits per heavy atom. The zero-order chi connectivity index (χ0) is 16.6. The van der Waals surface area contributed by atoms with E-state index in [1.807, 2.05) is 32.3 Å². The Bertz CT molecular complexity index is 862. The van der Waals surface area contributed by atoms with Crippen LogP contribution in [0.5, 0.6) is 0 Å². The first-order valence-corrected chi connectivity index (χ1v) is 8.00. The summed E-state index contributed by atoms with van der Waals surface area (Å²) >= 11 is 0. The lowest BCUT2D eigenvalue weighted by Gasteiger charge is -2.24. The maximum absolute atomic E-state index is 6.25. The third-order valence-corrected chi connectivity index (χ3v) is 4.13. The van der Waals surface area contributed by atoms with Crippen molar-refractivity contribution in [2.75, 3.05) is 14.1 Å². The van der Waals surface area contributed by atoms with Crippen LogP contribution < -0.4 is 9.93 Å². The SMILES string of the molecule is C[N+](C)=c1ccc2c(C(C)(C)C)cc(-c3ccccc3)oc-2c1. The normalized spacial score (nSPS) is 11.7. The van der Waals surface area contributed by atoms with Crippen LogP contribution in [0.25, 0.3) is 22.6 Å². The lowest BCUT2D eigenvalue weighted by atomic mass is 9.82. The molecule has 1 heterocycles. The summed E-state index contributed by atoms with van der Waals surface area (Å²) in [5, 5.41) is 1.14. The molecule has 1 aromatic carbocycles. The van der Waals surface area contributed by atoms with Gasteiger partial charge in [-0.25, -0.2) is 4.58 Å². The quantitative estimate of drug-likeness (QED) is 0.609. The smallest absolute Gasteiger partial charge is 0.203 e. The van der Waals surface area contributed by atoms with E-state index in [4.69, 9.17) is 4.42 Å². The van der Waals surface area contributed by atoms with E-state index in [-0.39, 0.29) is 5.41 Å². The molecule has 0 amide bonds. The van der Waals surface area contributed by atoms with E-state index in [2.05, 4.69) is 61.7 Å². The summed E-state index contributed by atoms with van der Waals surface area (Å²) in [6.45, 7) is 6.74. The van der Waals surface area contributed by atoms with Crippen molar-refractivity contribution in [1.29, 1.82) is 0 Å². The summed E-state index contributed by atoms with van der Waals surface area (Å²) in [5.41, 5.74) is 3.65. The molecule has 1 aliphatic carbocycles. The predicted octanol–water partition coefficient (Wildman–Crippen LogP) is 4.38. The summed E-state index contributed by atoms with van der Waals surface area (Å²) in [4.78, 5) is 0. The van der Waals surface area contributed by atoms with Crippen molar-refractivity contribution in [1.82, 2.24) is 4.58 Å². The molecule has 1 aromatic rings. The van der Waals surface area contributed by atoms with E-state index in [1.54, 1.807) is 0 Å². The second kappa shape index (κ2) is 5.69. The maximum Gasteiger partial charge on any atom is 0.203 e. The van der Waals surface area contributed by atoms with Gasteiger partial charge in [-0.15, -0.1) is 0 Å². The molecule has 0 unspecified atom stereocenters. The molecule has 2 nitrogen and oxygen atoms in total. The van der Waals surface area contributed by atoms with Gasteiger partial charge in [0, 0.05) is 17.2 Å². The molecule has 2 heteroatoms. The van der Waals surface area contributed by atoms with Crippen molar-refractivity contribution in [3.05, 3.63) is 65.5 Å². The summed E-state index contributed by atoms with van der Waals surface area (Å²) in [7, 11) is 4.10. The lowest BCUT2D eigenvalue weighted by Crippen LogP contribution is -2.22. The van der Waals surface area contributed by atoms with Gasteiger partial charge in [-0.05, 0) is 23.1 Å². The average molecular weight is 306 g/mol. The monoisotopic (exact) mass is 306 g/mol. The zero-order valence-electron chi connectivity index (χ0n) is 14.6. The molecule has 118 valence electrons. The van der Waals surface area contributed by atoms with Crippen LogP contribution in [0.4, 0.5) is 0 Å². The van der Waals surface area contributed by atoms with E-state index in [0.717, 1.165) is 22.4 Å². The number of hydrogen-bond acceptors (Lipinski definition) is 1.